The van der Waals surface area contributed by atoms with Gasteiger partial charge in [0.25, 0.3) is 5.91 Å². The van der Waals surface area contributed by atoms with Crippen molar-refractivity contribution in [2.45, 2.75) is 19.5 Å². The third-order valence-corrected chi connectivity index (χ3v) is 4.90. The van der Waals surface area contributed by atoms with Gasteiger partial charge in [-0.1, -0.05) is 6.07 Å². The van der Waals surface area contributed by atoms with E-state index in [0.717, 1.165) is 27.7 Å². The van der Waals surface area contributed by atoms with E-state index in [-0.39, 0.29) is 24.0 Å². The summed E-state index contributed by atoms with van der Waals surface area (Å²) in [6.07, 6.45) is -2.09. The standard InChI is InChI=1S/C22H13F8N5O2/c23-16-13(17(24)19(26)20(27)18(16)25)9-34-7-5-15(33-34)31-21(36)14-4-6-35(32-14)10-37-12-3-1-2-11(8-12)22(28,29)30/h1-8H,9-10H2,(H,31,33,36). The SMILES string of the molecule is O=C(Nc1ccn(Cc2c(F)c(F)c(F)c(F)c2F)n1)c1ccn(COc2cccc(C(F)(F)F)c2)n1. The third-order valence-electron chi connectivity index (χ3n) is 4.90. The Morgan fingerprint density at radius 2 is 1.51 bits per heavy atom. The fourth-order valence-corrected chi connectivity index (χ4v) is 3.11. The largest absolute Gasteiger partial charge is 0.471 e. The average Bonchev–Trinajstić information content (AvgIpc) is 3.52. The molecule has 1 N–H and O–H groups in total. The van der Waals surface area contributed by atoms with Gasteiger partial charge in [0.1, 0.15) is 5.75 Å². The molecule has 0 fully saturated rings. The smallest absolute Gasteiger partial charge is 0.416 e. The maximum atomic E-state index is 13.9. The topological polar surface area (TPSA) is 74.0 Å². The second-order valence-electron chi connectivity index (χ2n) is 7.44. The molecule has 4 rings (SSSR count). The summed E-state index contributed by atoms with van der Waals surface area (Å²) in [6, 6.07) is 6.65. The molecule has 2 aromatic carbocycles. The van der Waals surface area contributed by atoms with Crippen LogP contribution in [0.3, 0.4) is 0 Å². The van der Waals surface area contributed by atoms with Crippen LogP contribution in [0, 0.1) is 29.1 Å². The molecule has 0 radical (unpaired) electrons. The van der Waals surface area contributed by atoms with Crippen molar-refractivity contribution >= 4 is 11.7 Å². The highest BCUT2D eigenvalue weighted by Crippen LogP contribution is 2.31. The number of alkyl halides is 3. The van der Waals surface area contributed by atoms with E-state index in [1.165, 1.54) is 30.5 Å². The number of anilines is 1. The minimum Gasteiger partial charge on any atom is -0.471 e. The molecule has 0 spiro atoms. The summed E-state index contributed by atoms with van der Waals surface area (Å²) in [5, 5.41) is 10.1. The van der Waals surface area contributed by atoms with Gasteiger partial charge >= 0.3 is 6.18 Å². The molecule has 37 heavy (non-hydrogen) atoms. The van der Waals surface area contributed by atoms with Gasteiger partial charge in [0.15, 0.2) is 41.5 Å². The Labute approximate surface area is 201 Å². The van der Waals surface area contributed by atoms with Crippen LogP contribution in [0.5, 0.6) is 5.75 Å². The average molecular weight is 531 g/mol. The van der Waals surface area contributed by atoms with E-state index in [1.54, 1.807) is 0 Å². The third kappa shape index (κ3) is 5.54. The highest BCUT2D eigenvalue weighted by atomic mass is 19.4. The Bertz CT molecular complexity index is 1430. The lowest BCUT2D eigenvalue weighted by molar-refractivity contribution is -0.137. The predicted octanol–water partition coefficient (Wildman–Crippen LogP) is 5.13. The Balaban J connectivity index is 1.38. The van der Waals surface area contributed by atoms with Crippen molar-refractivity contribution in [1.29, 1.82) is 0 Å². The molecule has 7 nitrogen and oxygen atoms in total. The summed E-state index contributed by atoms with van der Waals surface area (Å²) < 4.78 is 113. The summed E-state index contributed by atoms with van der Waals surface area (Å²) in [5.41, 5.74) is -2.15. The fraction of sp³-hybridized carbons (Fsp3) is 0.136. The summed E-state index contributed by atoms with van der Waals surface area (Å²) in [5.74, 6) is -11.5. The van der Waals surface area contributed by atoms with Crippen LogP contribution >= 0.6 is 0 Å². The van der Waals surface area contributed by atoms with Gasteiger partial charge in [-0.15, -0.1) is 0 Å². The van der Waals surface area contributed by atoms with E-state index in [1.807, 2.05) is 0 Å². The number of rotatable bonds is 7. The summed E-state index contributed by atoms with van der Waals surface area (Å²) >= 11 is 0. The van der Waals surface area contributed by atoms with E-state index >= 15 is 0 Å². The molecule has 0 bridgehead atoms. The first-order valence-electron chi connectivity index (χ1n) is 10.1. The molecule has 0 unspecified atom stereocenters. The number of amides is 1. The fourth-order valence-electron chi connectivity index (χ4n) is 3.11. The zero-order valence-electron chi connectivity index (χ0n) is 18.2. The number of carbonyl (C=O) groups excluding carboxylic acids is 1. The van der Waals surface area contributed by atoms with Gasteiger partial charge in [-0.25, -0.2) is 26.6 Å². The van der Waals surface area contributed by atoms with E-state index < -0.39 is 58.8 Å². The van der Waals surface area contributed by atoms with Crippen LogP contribution in [-0.4, -0.2) is 25.5 Å². The zero-order chi connectivity index (χ0) is 26.9. The zero-order valence-corrected chi connectivity index (χ0v) is 18.2. The van der Waals surface area contributed by atoms with Gasteiger partial charge in [0.2, 0.25) is 5.82 Å². The monoisotopic (exact) mass is 531 g/mol. The van der Waals surface area contributed by atoms with Gasteiger partial charge in [0.05, 0.1) is 17.7 Å². The van der Waals surface area contributed by atoms with Crippen molar-refractivity contribution < 1.29 is 44.7 Å². The van der Waals surface area contributed by atoms with Gasteiger partial charge < -0.3 is 10.1 Å². The van der Waals surface area contributed by atoms with Crippen LogP contribution in [0.2, 0.25) is 0 Å². The molecule has 1 amide bonds. The maximum Gasteiger partial charge on any atom is 0.416 e. The highest BCUT2D eigenvalue weighted by Gasteiger charge is 2.30. The Morgan fingerprint density at radius 3 is 2.19 bits per heavy atom. The lowest BCUT2D eigenvalue weighted by Crippen LogP contribution is -2.15. The van der Waals surface area contributed by atoms with Crippen LogP contribution in [0.25, 0.3) is 0 Å². The first-order valence-corrected chi connectivity index (χ1v) is 10.1. The summed E-state index contributed by atoms with van der Waals surface area (Å²) in [7, 11) is 0. The van der Waals surface area contributed by atoms with Crippen molar-refractivity contribution in [1.82, 2.24) is 19.6 Å². The molecule has 0 aliphatic rings. The first kappa shape index (κ1) is 25.7. The number of nitrogens with zero attached hydrogens (tertiary/aromatic N) is 4. The van der Waals surface area contributed by atoms with E-state index in [4.69, 9.17) is 4.74 Å². The number of hydrogen-bond acceptors (Lipinski definition) is 4. The molecule has 0 aliphatic carbocycles. The minimum absolute atomic E-state index is 0.0735. The molecule has 0 saturated carbocycles. The van der Waals surface area contributed by atoms with Crippen molar-refractivity contribution in [2.75, 3.05) is 5.32 Å². The number of aromatic nitrogens is 4. The lowest BCUT2D eigenvalue weighted by atomic mass is 10.1. The number of ether oxygens (including phenoxy) is 1. The van der Waals surface area contributed by atoms with Crippen molar-refractivity contribution in [3.63, 3.8) is 0 Å². The molecule has 0 atom stereocenters. The van der Waals surface area contributed by atoms with Crippen LogP contribution in [0.4, 0.5) is 40.9 Å². The van der Waals surface area contributed by atoms with E-state index in [2.05, 4.69) is 15.5 Å². The molecular formula is C22H13F8N5O2. The second-order valence-corrected chi connectivity index (χ2v) is 7.44. The van der Waals surface area contributed by atoms with Crippen LogP contribution in [-0.2, 0) is 19.5 Å². The van der Waals surface area contributed by atoms with Crippen LogP contribution in [0.15, 0.2) is 48.8 Å². The molecule has 15 heteroatoms. The molecule has 0 aliphatic heterocycles. The summed E-state index contributed by atoms with van der Waals surface area (Å²) in [4.78, 5) is 12.4. The van der Waals surface area contributed by atoms with Crippen LogP contribution in [0.1, 0.15) is 21.6 Å². The van der Waals surface area contributed by atoms with Crippen molar-refractivity contribution in [2.24, 2.45) is 0 Å². The van der Waals surface area contributed by atoms with Gasteiger partial charge in [-0.05, 0) is 24.3 Å². The van der Waals surface area contributed by atoms with Gasteiger partial charge in [0, 0.05) is 18.5 Å². The van der Waals surface area contributed by atoms with E-state index in [0.29, 0.717) is 0 Å². The molecule has 194 valence electrons. The lowest BCUT2D eigenvalue weighted by Gasteiger charge is -2.10. The number of halogens is 8. The van der Waals surface area contributed by atoms with Crippen molar-refractivity contribution in [3.8, 4) is 5.75 Å². The van der Waals surface area contributed by atoms with E-state index in [9.17, 15) is 39.9 Å². The Hall–Kier alpha value is -4.43. The Morgan fingerprint density at radius 1 is 0.865 bits per heavy atom. The minimum atomic E-state index is -4.54. The first-order chi connectivity index (χ1) is 17.4. The normalized spacial score (nSPS) is 11.6. The molecular weight excluding hydrogens is 518 g/mol. The number of nitrogens with one attached hydrogen (secondary N) is 1. The van der Waals surface area contributed by atoms with Crippen LogP contribution < -0.4 is 10.1 Å². The Kier molecular flexibility index (Phi) is 6.87. The van der Waals surface area contributed by atoms with Gasteiger partial charge in [-0.3, -0.25) is 9.48 Å². The number of carbonyl (C=O) groups is 1. The predicted molar refractivity (Wildman–Crippen MR) is 110 cm³/mol. The molecule has 4 aromatic rings. The summed E-state index contributed by atoms with van der Waals surface area (Å²) in [6.45, 7) is -1.13. The number of benzene rings is 2. The maximum absolute atomic E-state index is 13.9. The molecule has 2 aromatic heterocycles. The number of hydrogen-bond donors (Lipinski definition) is 1. The quantitative estimate of drug-likeness (QED) is 0.204. The highest BCUT2D eigenvalue weighted by molar-refractivity contribution is 6.02. The molecule has 0 saturated heterocycles. The van der Waals surface area contributed by atoms with Crippen molar-refractivity contribution in [3.05, 3.63) is 94.7 Å². The second kappa shape index (κ2) is 9.91. The van der Waals surface area contributed by atoms with Gasteiger partial charge in [-0.2, -0.15) is 23.4 Å². The molecule has 2 heterocycles.